The molecule has 0 radical (unpaired) electrons. The molecule has 1 amide bonds. The number of carbonyl (C=O) groups excluding carboxylic acids is 1. The number of hydrogen-bond acceptors (Lipinski definition) is 2. The van der Waals surface area contributed by atoms with E-state index in [1.165, 1.54) is 5.06 Å². The highest BCUT2D eigenvalue weighted by atomic mass is 16.7. The Morgan fingerprint density at radius 3 is 2.50 bits per heavy atom. The Hall–Kier alpha value is -1.26. The summed E-state index contributed by atoms with van der Waals surface area (Å²) < 4.78 is 1.84. The summed E-state index contributed by atoms with van der Waals surface area (Å²) >= 11 is 0. The van der Waals surface area contributed by atoms with Gasteiger partial charge in [-0.2, -0.15) is 5.06 Å². The van der Waals surface area contributed by atoms with Gasteiger partial charge in [-0.05, 0) is 6.42 Å². The molecule has 1 saturated heterocycles. The van der Waals surface area contributed by atoms with E-state index in [1.807, 2.05) is 37.7 Å². The summed E-state index contributed by atoms with van der Waals surface area (Å²) in [5.74, 6) is 0.0613. The van der Waals surface area contributed by atoms with Crippen LogP contribution in [0.15, 0.2) is 0 Å². The van der Waals surface area contributed by atoms with E-state index in [2.05, 4.69) is 0 Å². The Kier molecular flexibility index (Phi) is 3.33. The third kappa shape index (κ3) is 2.37. The second-order valence-electron chi connectivity index (χ2n) is 3.76. The maximum Gasteiger partial charge on any atom is 0.470 e. The van der Waals surface area contributed by atoms with Gasteiger partial charge in [0.05, 0.1) is 34.7 Å². The van der Waals surface area contributed by atoms with Gasteiger partial charge in [0, 0.05) is 6.42 Å². The van der Waals surface area contributed by atoms with Crippen LogP contribution in [0.2, 0.25) is 0 Å². The second-order valence-corrected chi connectivity index (χ2v) is 3.76. The highest BCUT2D eigenvalue weighted by Crippen LogP contribution is 2.10. The smallest absolute Gasteiger partial charge is 0.300 e. The van der Waals surface area contributed by atoms with Gasteiger partial charge >= 0.3 is 6.02 Å². The molecule has 1 fully saturated rings. The predicted molar refractivity (Wildman–Crippen MR) is 52.8 cm³/mol. The van der Waals surface area contributed by atoms with Crippen LogP contribution in [0.1, 0.15) is 12.8 Å². The summed E-state index contributed by atoms with van der Waals surface area (Å²) in [6.45, 7) is 0.685. The predicted octanol–water partition coefficient (Wildman–Crippen LogP) is -0.270. The zero-order valence-corrected chi connectivity index (χ0v) is 9.28. The first-order valence-electron chi connectivity index (χ1n) is 4.72. The SMILES string of the molecule is CN(C)C(ON1CCCC1=O)=[N+](C)C. The van der Waals surface area contributed by atoms with Crippen molar-refractivity contribution in [1.82, 2.24) is 9.96 Å². The number of carbonyl (C=O) groups is 1. The van der Waals surface area contributed by atoms with Crippen LogP contribution in [-0.2, 0) is 9.63 Å². The molecule has 80 valence electrons. The molecule has 5 nitrogen and oxygen atoms in total. The van der Waals surface area contributed by atoms with Crippen molar-refractivity contribution in [3.63, 3.8) is 0 Å². The number of amidine groups is 1. The molecule has 0 bridgehead atoms. The van der Waals surface area contributed by atoms with E-state index >= 15 is 0 Å². The molecule has 0 aromatic heterocycles. The summed E-state index contributed by atoms with van der Waals surface area (Å²) in [7, 11) is 7.54. The molecule has 5 heteroatoms. The molecular formula is C9H18N3O2+. The van der Waals surface area contributed by atoms with Gasteiger partial charge in [-0.3, -0.25) is 4.79 Å². The standard InChI is InChI=1S/C9H18N3O2/c1-10(2)9(11(3)4)14-12-7-5-6-8(12)13/h5-7H2,1-4H3/q+1. The summed E-state index contributed by atoms with van der Waals surface area (Å²) in [5, 5.41) is 1.43. The van der Waals surface area contributed by atoms with Crippen molar-refractivity contribution in [1.29, 1.82) is 0 Å². The molecular weight excluding hydrogens is 182 g/mol. The average Bonchev–Trinajstić information content (AvgIpc) is 2.46. The number of hydrogen-bond donors (Lipinski definition) is 0. The number of amides is 1. The van der Waals surface area contributed by atoms with E-state index in [1.54, 1.807) is 0 Å². The van der Waals surface area contributed by atoms with Gasteiger partial charge in [-0.25, -0.2) is 9.48 Å². The Morgan fingerprint density at radius 1 is 1.50 bits per heavy atom. The fraction of sp³-hybridized carbons (Fsp3) is 0.778. The molecule has 0 aliphatic carbocycles. The molecule has 1 rings (SSSR count). The zero-order chi connectivity index (χ0) is 10.7. The fourth-order valence-corrected chi connectivity index (χ4v) is 1.38. The summed E-state index contributed by atoms with van der Waals surface area (Å²) in [4.78, 5) is 18.6. The minimum Gasteiger partial charge on any atom is -0.300 e. The first kappa shape index (κ1) is 10.8. The lowest BCUT2D eigenvalue weighted by Gasteiger charge is -2.17. The van der Waals surface area contributed by atoms with Crippen LogP contribution in [0.5, 0.6) is 0 Å². The van der Waals surface area contributed by atoms with Gasteiger partial charge in [0.15, 0.2) is 0 Å². The minimum atomic E-state index is 0.0613. The van der Waals surface area contributed by atoms with E-state index in [9.17, 15) is 4.79 Å². The molecule has 0 spiro atoms. The monoisotopic (exact) mass is 200 g/mol. The molecule has 0 aromatic carbocycles. The molecule has 1 aliphatic rings. The molecule has 14 heavy (non-hydrogen) atoms. The van der Waals surface area contributed by atoms with Crippen molar-refractivity contribution in [2.75, 3.05) is 34.7 Å². The Labute approximate surface area is 84.5 Å². The Bertz CT molecular complexity index is 257. The third-order valence-corrected chi connectivity index (χ3v) is 1.99. The van der Waals surface area contributed by atoms with Crippen molar-refractivity contribution in [3.05, 3.63) is 0 Å². The quantitative estimate of drug-likeness (QED) is 0.332. The van der Waals surface area contributed by atoms with E-state index in [0.29, 0.717) is 19.0 Å². The number of nitrogens with zero attached hydrogens (tertiary/aromatic N) is 3. The molecule has 1 aliphatic heterocycles. The lowest BCUT2D eigenvalue weighted by molar-refractivity contribution is -0.485. The average molecular weight is 200 g/mol. The van der Waals surface area contributed by atoms with Crippen molar-refractivity contribution >= 4 is 11.9 Å². The molecule has 0 unspecified atom stereocenters. The van der Waals surface area contributed by atoms with Crippen molar-refractivity contribution < 1.29 is 14.2 Å². The van der Waals surface area contributed by atoms with Crippen LogP contribution in [0.3, 0.4) is 0 Å². The van der Waals surface area contributed by atoms with E-state index < -0.39 is 0 Å². The van der Waals surface area contributed by atoms with Crippen LogP contribution >= 0.6 is 0 Å². The van der Waals surface area contributed by atoms with Gasteiger partial charge in [-0.1, -0.05) is 0 Å². The lowest BCUT2D eigenvalue weighted by atomic mass is 10.4. The maximum atomic E-state index is 11.3. The summed E-state index contributed by atoms with van der Waals surface area (Å²) in [6.07, 6.45) is 1.47. The molecule has 0 aromatic rings. The van der Waals surface area contributed by atoms with Crippen LogP contribution in [0.4, 0.5) is 0 Å². The molecule has 0 atom stereocenters. The lowest BCUT2D eigenvalue weighted by Crippen LogP contribution is -2.39. The molecule has 1 heterocycles. The normalized spacial score (nSPS) is 15.7. The summed E-state index contributed by atoms with van der Waals surface area (Å²) in [5.41, 5.74) is 0. The van der Waals surface area contributed by atoms with Crippen LogP contribution in [0, 0.1) is 0 Å². The number of rotatable bonds is 1. The fourth-order valence-electron chi connectivity index (χ4n) is 1.38. The van der Waals surface area contributed by atoms with Crippen LogP contribution < -0.4 is 0 Å². The topological polar surface area (TPSA) is 35.8 Å². The van der Waals surface area contributed by atoms with E-state index in [-0.39, 0.29) is 5.91 Å². The van der Waals surface area contributed by atoms with Crippen molar-refractivity contribution in [2.24, 2.45) is 0 Å². The Morgan fingerprint density at radius 2 is 2.14 bits per heavy atom. The van der Waals surface area contributed by atoms with Crippen molar-refractivity contribution in [3.8, 4) is 0 Å². The third-order valence-electron chi connectivity index (χ3n) is 1.99. The van der Waals surface area contributed by atoms with Gasteiger partial charge in [0.25, 0.3) is 5.91 Å². The number of hydroxylamine groups is 2. The highest BCUT2D eigenvalue weighted by molar-refractivity contribution is 5.79. The first-order valence-corrected chi connectivity index (χ1v) is 4.72. The van der Waals surface area contributed by atoms with Crippen LogP contribution in [0.25, 0.3) is 0 Å². The van der Waals surface area contributed by atoms with Gasteiger partial charge < -0.3 is 4.84 Å². The van der Waals surface area contributed by atoms with E-state index in [4.69, 9.17) is 4.84 Å². The highest BCUT2D eigenvalue weighted by Gasteiger charge is 2.27. The van der Waals surface area contributed by atoms with Gasteiger partial charge in [-0.15, -0.1) is 0 Å². The zero-order valence-electron chi connectivity index (χ0n) is 9.28. The second kappa shape index (κ2) is 4.30. The van der Waals surface area contributed by atoms with Crippen molar-refractivity contribution in [2.45, 2.75) is 12.8 Å². The largest absolute Gasteiger partial charge is 0.470 e. The van der Waals surface area contributed by atoms with Gasteiger partial charge in [0.1, 0.15) is 0 Å². The van der Waals surface area contributed by atoms with E-state index in [0.717, 1.165) is 6.42 Å². The summed E-state index contributed by atoms with van der Waals surface area (Å²) in [6, 6.07) is 0.667. The maximum absolute atomic E-state index is 11.3. The first-order chi connectivity index (χ1) is 6.52. The molecule has 0 saturated carbocycles. The molecule has 0 N–H and O–H groups in total. The van der Waals surface area contributed by atoms with Crippen LogP contribution in [-0.4, -0.2) is 61.2 Å². The minimum absolute atomic E-state index is 0.0613. The van der Waals surface area contributed by atoms with Gasteiger partial charge in [0.2, 0.25) is 0 Å². The Balaban J connectivity index is 2.65.